The van der Waals surface area contributed by atoms with E-state index in [1.54, 1.807) is 0 Å². The van der Waals surface area contributed by atoms with Crippen molar-refractivity contribution in [2.24, 2.45) is 11.3 Å². The highest BCUT2D eigenvalue weighted by molar-refractivity contribution is 6.19. The van der Waals surface area contributed by atoms with Crippen molar-refractivity contribution < 1.29 is 9.59 Å². The van der Waals surface area contributed by atoms with Crippen LogP contribution in [0.1, 0.15) is 58.8 Å². The van der Waals surface area contributed by atoms with E-state index in [-0.39, 0.29) is 11.8 Å². The van der Waals surface area contributed by atoms with Gasteiger partial charge in [-0.2, -0.15) is 0 Å². The van der Waals surface area contributed by atoms with E-state index in [0.717, 1.165) is 65.0 Å². The summed E-state index contributed by atoms with van der Waals surface area (Å²) in [5.41, 5.74) is -0.471. The van der Waals surface area contributed by atoms with Gasteiger partial charge in [-0.05, 0) is 71.9 Å². The van der Waals surface area contributed by atoms with Gasteiger partial charge >= 0.3 is 0 Å². The minimum atomic E-state index is -0.471. The van der Waals surface area contributed by atoms with Crippen LogP contribution in [0.2, 0.25) is 0 Å². The number of carbonyl (C=O) groups is 2. The number of nitrogens with zero attached hydrogens (tertiary/aromatic N) is 3. The van der Waals surface area contributed by atoms with Crippen LogP contribution in [0.3, 0.4) is 0 Å². The highest BCUT2D eigenvalue weighted by Gasteiger charge is 2.36. The molecule has 0 saturated carbocycles. The first-order valence-electron chi connectivity index (χ1n) is 10.8. The van der Waals surface area contributed by atoms with Crippen molar-refractivity contribution >= 4 is 23.4 Å². The lowest BCUT2D eigenvalue weighted by atomic mass is 9.90. The van der Waals surface area contributed by atoms with E-state index in [9.17, 15) is 9.59 Å². The maximum Gasteiger partial charge on any atom is 0.229 e. The zero-order chi connectivity index (χ0) is 19.4. The molecule has 3 saturated heterocycles. The van der Waals surface area contributed by atoms with Gasteiger partial charge in [-0.25, -0.2) is 0 Å². The third kappa shape index (κ3) is 4.97. The third-order valence-electron chi connectivity index (χ3n) is 6.73. The molecule has 3 fully saturated rings. The summed E-state index contributed by atoms with van der Waals surface area (Å²) in [6, 6.07) is 0.555. The topological polar surface area (TPSA) is 43.9 Å². The average Bonchev–Trinajstić information content (AvgIpc) is 2.73. The molecule has 0 atom stereocenters. The summed E-state index contributed by atoms with van der Waals surface area (Å²) in [5.74, 6) is 1.18. The van der Waals surface area contributed by atoms with Gasteiger partial charge in [0.05, 0.1) is 5.41 Å². The Labute approximate surface area is 169 Å². The lowest BCUT2D eigenvalue weighted by Crippen LogP contribution is -2.52. The molecule has 3 rings (SSSR count). The minimum absolute atomic E-state index is 0.182. The molecule has 2 amide bonds. The Hall–Kier alpha value is -0.810. The summed E-state index contributed by atoms with van der Waals surface area (Å²) in [7, 11) is 0. The predicted octanol–water partition coefficient (Wildman–Crippen LogP) is 2.97. The highest BCUT2D eigenvalue weighted by Crippen LogP contribution is 2.28. The maximum atomic E-state index is 12.7. The molecule has 0 unspecified atom stereocenters. The van der Waals surface area contributed by atoms with Crippen LogP contribution in [0.15, 0.2) is 0 Å². The number of piperidine rings is 3. The number of carbonyl (C=O) groups excluding carboxylic acids is 2. The lowest BCUT2D eigenvalue weighted by molar-refractivity contribution is -0.142. The van der Waals surface area contributed by atoms with Gasteiger partial charge in [0.2, 0.25) is 11.8 Å². The summed E-state index contributed by atoms with van der Waals surface area (Å²) in [4.78, 5) is 32.0. The third-order valence-corrected chi connectivity index (χ3v) is 7.40. The number of halogens is 1. The molecule has 3 aliphatic rings. The van der Waals surface area contributed by atoms with Crippen molar-refractivity contribution in [3.05, 3.63) is 0 Å². The number of amides is 2. The number of hydrogen-bond donors (Lipinski definition) is 0. The Bertz CT molecular complexity index is 518. The van der Waals surface area contributed by atoms with Gasteiger partial charge < -0.3 is 14.7 Å². The van der Waals surface area contributed by atoms with Crippen LogP contribution in [0, 0.1) is 11.3 Å². The maximum absolute atomic E-state index is 12.7. The van der Waals surface area contributed by atoms with Gasteiger partial charge in [-0.1, -0.05) is 0 Å². The van der Waals surface area contributed by atoms with Crippen LogP contribution in [0.4, 0.5) is 0 Å². The molecule has 0 aliphatic carbocycles. The van der Waals surface area contributed by atoms with E-state index in [1.807, 2.05) is 18.7 Å². The van der Waals surface area contributed by atoms with E-state index in [2.05, 4.69) is 9.80 Å². The molecule has 154 valence electrons. The van der Waals surface area contributed by atoms with E-state index in [4.69, 9.17) is 11.6 Å². The zero-order valence-corrected chi connectivity index (χ0v) is 17.8. The standard InChI is InChI=1S/C21H36ClN3O2/c1-21(2,16-22)20(27)25-14-8-18(9-15-25)23-12-6-17(7-13-23)19(26)24-10-4-3-5-11-24/h17-18H,3-16H2,1-2H3. The molecule has 3 aliphatic heterocycles. The molecule has 5 nitrogen and oxygen atoms in total. The molecule has 6 heteroatoms. The predicted molar refractivity (Wildman–Crippen MR) is 109 cm³/mol. The molecule has 0 spiro atoms. The highest BCUT2D eigenvalue weighted by atomic mass is 35.5. The molecule has 27 heavy (non-hydrogen) atoms. The second-order valence-electron chi connectivity index (χ2n) is 9.24. The SMILES string of the molecule is CC(C)(CCl)C(=O)N1CCC(N2CCC(C(=O)N3CCCCC3)CC2)CC1. The summed E-state index contributed by atoms with van der Waals surface area (Å²) in [6.07, 6.45) is 7.67. The van der Waals surface area contributed by atoms with Gasteiger partial charge in [0.15, 0.2) is 0 Å². The smallest absolute Gasteiger partial charge is 0.229 e. The summed E-state index contributed by atoms with van der Waals surface area (Å²) < 4.78 is 0. The quantitative estimate of drug-likeness (QED) is 0.685. The van der Waals surface area contributed by atoms with E-state index in [1.165, 1.54) is 19.3 Å². The van der Waals surface area contributed by atoms with E-state index >= 15 is 0 Å². The van der Waals surface area contributed by atoms with Crippen molar-refractivity contribution in [3.63, 3.8) is 0 Å². The van der Waals surface area contributed by atoms with Crippen molar-refractivity contribution in [1.82, 2.24) is 14.7 Å². The van der Waals surface area contributed by atoms with Crippen molar-refractivity contribution in [2.45, 2.75) is 64.8 Å². The van der Waals surface area contributed by atoms with Crippen LogP contribution >= 0.6 is 11.6 Å². The molecule has 3 heterocycles. The molecule has 0 aromatic rings. The first-order valence-corrected chi connectivity index (χ1v) is 11.3. The van der Waals surface area contributed by atoms with Gasteiger partial charge in [0, 0.05) is 44.0 Å². The first-order chi connectivity index (χ1) is 12.9. The number of alkyl halides is 1. The van der Waals surface area contributed by atoms with Crippen LogP contribution in [0.25, 0.3) is 0 Å². The van der Waals surface area contributed by atoms with E-state index < -0.39 is 5.41 Å². The van der Waals surface area contributed by atoms with Gasteiger partial charge in [-0.15, -0.1) is 11.6 Å². The van der Waals surface area contributed by atoms with Gasteiger partial charge in [-0.3, -0.25) is 9.59 Å². The van der Waals surface area contributed by atoms with Crippen molar-refractivity contribution in [2.75, 3.05) is 45.1 Å². The average molecular weight is 398 g/mol. The van der Waals surface area contributed by atoms with Crippen LogP contribution in [0.5, 0.6) is 0 Å². The summed E-state index contributed by atoms with van der Waals surface area (Å²) in [6.45, 7) is 9.49. The summed E-state index contributed by atoms with van der Waals surface area (Å²) in [5, 5.41) is 0. The Kier molecular flexibility index (Phi) is 7.07. The number of rotatable bonds is 4. The Morgan fingerprint density at radius 2 is 1.44 bits per heavy atom. The molecule has 0 N–H and O–H groups in total. The Morgan fingerprint density at radius 1 is 0.852 bits per heavy atom. The Balaban J connectivity index is 1.43. The van der Waals surface area contributed by atoms with Crippen molar-refractivity contribution in [3.8, 4) is 0 Å². The molecule has 0 aromatic carbocycles. The molecular weight excluding hydrogens is 362 g/mol. The van der Waals surface area contributed by atoms with Crippen LogP contribution < -0.4 is 0 Å². The normalized spacial score (nSPS) is 24.3. The molecule has 0 aromatic heterocycles. The first kappa shape index (κ1) is 20.9. The minimum Gasteiger partial charge on any atom is -0.342 e. The number of hydrogen-bond acceptors (Lipinski definition) is 3. The molecule has 0 bridgehead atoms. The van der Waals surface area contributed by atoms with Crippen molar-refractivity contribution in [1.29, 1.82) is 0 Å². The lowest BCUT2D eigenvalue weighted by Gasteiger charge is -2.43. The number of likely N-dealkylation sites (tertiary alicyclic amines) is 3. The Morgan fingerprint density at radius 3 is 2.00 bits per heavy atom. The van der Waals surface area contributed by atoms with Gasteiger partial charge in [0.1, 0.15) is 0 Å². The largest absolute Gasteiger partial charge is 0.342 e. The second kappa shape index (κ2) is 9.13. The molecule has 0 radical (unpaired) electrons. The fourth-order valence-corrected chi connectivity index (χ4v) is 4.92. The van der Waals surface area contributed by atoms with Gasteiger partial charge in [0.25, 0.3) is 0 Å². The summed E-state index contributed by atoms with van der Waals surface area (Å²) >= 11 is 5.97. The fraction of sp³-hybridized carbons (Fsp3) is 0.905. The monoisotopic (exact) mass is 397 g/mol. The zero-order valence-electron chi connectivity index (χ0n) is 17.1. The molecular formula is C21H36ClN3O2. The fourth-order valence-electron chi connectivity index (χ4n) is 4.80. The van der Waals surface area contributed by atoms with Crippen LogP contribution in [-0.4, -0.2) is 77.7 Å². The van der Waals surface area contributed by atoms with Crippen LogP contribution in [-0.2, 0) is 9.59 Å². The van der Waals surface area contributed by atoms with E-state index in [0.29, 0.717) is 17.8 Å². The second-order valence-corrected chi connectivity index (χ2v) is 9.50.